The number of rotatable bonds is 5. The van der Waals surface area contributed by atoms with Gasteiger partial charge in [0.15, 0.2) is 18.1 Å². The monoisotopic (exact) mass is 407 g/mol. The lowest BCUT2D eigenvalue weighted by Crippen LogP contribution is -2.48. The summed E-state index contributed by atoms with van der Waals surface area (Å²) < 4.78 is 16.9. The Morgan fingerprint density at radius 1 is 1.27 bits per heavy atom. The van der Waals surface area contributed by atoms with Gasteiger partial charge in [-0.15, -0.1) is 0 Å². The molecule has 0 unspecified atom stereocenters. The van der Waals surface area contributed by atoms with E-state index in [1.807, 2.05) is 7.05 Å². The summed E-state index contributed by atoms with van der Waals surface area (Å²) in [6.07, 6.45) is 0. The molecule has 2 aromatic carbocycles. The molecule has 0 bridgehead atoms. The molecule has 1 N–H and O–H groups in total. The summed E-state index contributed by atoms with van der Waals surface area (Å²) in [5, 5.41) is 19.3. The Hall–Kier alpha value is -3.06. The minimum Gasteiger partial charge on any atom is -0.480 e. The molecule has 8 nitrogen and oxygen atoms in total. The van der Waals surface area contributed by atoms with Crippen molar-refractivity contribution in [2.75, 3.05) is 39.8 Å². The normalized spacial score (nSPS) is 16.2. The van der Waals surface area contributed by atoms with Gasteiger partial charge >= 0.3 is 7.12 Å². The van der Waals surface area contributed by atoms with Crippen molar-refractivity contribution in [2.24, 2.45) is 0 Å². The fourth-order valence-electron chi connectivity index (χ4n) is 3.50. The summed E-state index contributed by atoms with van der Waals surface area (Å²) in [6, 6.07) is 12.3. The first-order chi connectivity index (χ1) is 14.5. The number of nitrogens with zero attached hydrogens (tertiary/aromatic N) is 3. The molecule has 2 aromatic rings. The van der Waals surface area contributed by atoms with Crippen molar-refractivity contribution in [1.29, 1.82) is 5.26 Å². The van der Waals surface area contributed by atoms with Gasteiger partial charge in [-0.05, 0) is 42.3 Å². The van der Waals surface area contributed by atoms with Crippen molar-refractivity contribution in [3.63, 3.8) is 0 Å². The van der Waals surface area contributed by atoms with Crippen molar-refractivity contribution in [3.05, 3.63) is 47.5 Å². The Kier molecular flexibility index (Phi) is 5.90. The van der Waals surface area contributed by atoms with Crippen LogP contribution in [0.25, 0.3) is 0 Å². The Morgan fingerprint density at radius 3 is 2.83 bits per heavy atom. The zero-order valence-electron chi connectivity index (χ0n) is 16.7. The van der Waals surface area contributed by atoms with E-state index in [9.17, 15) is 15.1 Å². The van der Waals surface area contributed by atoms with Gasteiger partial charge in [-0.2, -0.15) is 5.26 Å². The maximum atomic E-state index is 12.5. The minimum absolute atomic E-state index is 0.0972. The topological polar surface area (TPSA) is 95.3 Å². The molecule has 154 valence electrons. The molecule has 1 saturated heterocycles. The molecule has 2 aliphatic heterocycles. The standard InChI is InChI=1S/C21H22BN3O5/c1-24-7-9-25(10-8-24)20(26)14-28-19-4-2-3-15(12-23)21(19)30-17-5-6-18-16(11-17)13-29-22(18)27/h2-6,11,27H,7-10,13-14H2,1H3. The number of hydrogen-bond donors (Lipinski definition) is 1. The summed E-state index contributed by atoms with van der Waals surface area (Å²) in [6.45, 7) is 3.17. The Morgan fingerprint density at radius 2 is 2.07 bits per heavy atom. The van der Waals surface area contributed by atoms with Crippen LogP contribution >= 0.6 is 0 Å². The lowest BCUT2D eigenvalue weighted by Gasteiger charge is -2.32. The lowest BCUT2D eigenvalue weighted by molar-refractivity contribution is -0.134. The quantitative estimate of drug-likeness (QED) is 0.730. The predicted molar refractivity (Wildman–Crippen MR) is 110 cm³/mol. The maximum Gasteiger partial charge on any atom is 0.491 e. The number of fused-ring (bicyclic) bond motifs is 1. The van der Waals surface area contributed by atoms with E-state index in [-0.39, 0.29) is 24.9 Å². The van der Waals surface area contributed by atoms with Gasteiger partial charge in [0.05, 0.1) is 12.2 Å². The van der Waals surface area contributed by atoms with Crippen LogP contribution < -0.4 is 14.9 Å². The second-order valence-corrected chi connectivity index (χ2v) is 7.34. The van der Waals surface area contributed by atoms with Gasteiger partial charge in [-0.3, -0.25) is 4.79 Å². The van der Waals surface area contributed by atoms with Crippen LogP contribution in [0.1, 0.15) is 11.1 Å². The van der Waals surface area contributed by atoms with E-state index in [4.69, 9.17) is 14.1 Å². The molecule has 9 heteroatoms. The van der Waals surface area contributed by atoms with E-state index in [0.717, 1.165) is 18.7 Å². The minimum atomic E-state index is -0.931. The highest BCUT2D eigenvalue weighted by atomic mass is 16.5. The summed E-state index contributed by atoms with van der Waals surface area (Å²) in [7, 11) is 1.10. The Balaban J connectivity index is 1.49. The van der Waals surface area contributed by atoms with E-state index < -0.39 is 7.12 Å². The number of benzene rings is 2. The van der Waals surface area contributed by atoms with Crippen molar-refractivity contribution >= 4 is 18.5 Å². The van der Waals surface area contributed by atoms with Gasteiger partial charge in [0, 0.05) is 26.2 Å². The molecule has 0 radical (unpaired) electrons. The van der Waals surface area contributed by atoms with Gasteiger partial charge in [-0.25, -0.2) is 0 Å². The number of nitriles is 1. The molecule has 2 aliphatic rings. The van der Waals surface area contributed by atoms with E-state index in [1.54, 1.807) is 41.3 Å². The van der Waals surface area contributed by atoms with Crippen LogP contribution in [-0.4, -0.2) is 67.7 Å². The zero-order valence-corrected chi connectivity index (χ0v) is 16.7. The summed E-state index contributed by atoms with van der Waals surface area (Å²) >= 11 is 0. The fraction of sp³-hybridized carbons (Fsp3) is 0.333. The molecule has 0 aromatic heterocycles. The number of amides is 1. The van der Waals surface area contributed by atoms with Crippen molar-refractivity contribution < 1.29 is 23.9 Å². The molecule has 1 fully saturated rings. The van der Waals surface area contributed by atoms with Crippen LogP contribution in [0, 0.1) is 11.3 Å². The first kappa shape index (κ1) is 20.2. The third-order valence-electron chi connectivity index (χ3n) is 5.30. The average molecular weight is 407 g/mol. The van der Waals surface area contributed by atoms with E-state index in [1.165, 1.54) is 0 Å². The summed E-state index contributed by atoms with van der Waals surface area (Å²) in [4.78, 5) is 16.5. The Labute approximate surface area is 175 Å². The largest absolute Gasteiger partial charge is 0.491 e. The highest BCUT2D eigenvalue weighted by molar-refractivity contribution is 6.61. The summed E-state index contributed by atoms with van der Waals surface area (Å²) in [5.74, 6) is 0.975. The van der Waals surface area contributed by atoms with E-state index >= 15 is 0 Å². The number of ether oxygens (including phenoxy) is 2. The van der Waals surface area contributed by atoms with Gasteiger partial charge in [-0.1, -0.05) is 12.1 Å². The SMILES string of the molecule is CN1CCN(C(=O)COc2cccc(C#N)c2Oc2ccc3c(c2)COB3O)CC1. The smallest absolute Gasteiger partial charge is 0.480 e. The van der Waals surface area contributed by atoms with Crippen molar-refractivity contribution in [2.45, 2.75) is 6.61 Å². The van der Waals surface area contributed by atoms with Crippen LogP contribution in [0.5, 0.6) is 17.2 Å². The van der Waals surface area contributed by atoms with Crippen molar-refractivity contribution in [3.8, 4) is 23.3 Å². The third-order valence-corrected chi connectivity index (χ3v) is 5.30. The van der Waals surface area contributed by atoms with E-state index in [0.29, 0.717) is 35.6 Å². The highest BCUT2D eigenvalue weighted by Gasteiger charge is 2.27. The second kappa shape index (κ2) is 8.75. The number of piperazine rings is 1. The van der Waals surface area contributed by atoms with Crippen LogP contribution in [0.4, 0.5) is 0 Å². The summed E-state index contributed by atoms with van der Waals surface area (Å²) in [5.41, 5.74) is 1.82. The second-order valence-electron chi connectivity index (χ2n) is 7.34. The Bertz CT molecular complexity index is 985. The highest BCUT2D eigenvalue weighted by Crippen LogP contribution is 2.35. The number of carbonyl (C=O) groups excluding carboxylic acids is 1. The first-order valence-electron chi connectivity index (χ1n) is 9.77. The molecule has 30 heavy (non-hydrogen) atoms. The number of carbonyl (C=O) groups is 1. The molecule has 2 heterocycles. The predicted octanol–water partition coefficient (Wildman–Crippen LogP) is 0.721. The molecule has 0 spiro atoms. The average Bonchev–Trinajstić information content (AvgIpc) is 3.13. The van der Waals surface area contributed by atoms with Gasteiger partial charge < -0.3 is 29.0 Å². The van der Waals surface area contributed by atoms with Gasteiger partial charge in [0.2, 0.25) is 0 Å². The molecule has 0 atom stereocenters. The molecular weight excluding hydrogens is 385 g/mol. The van der Waals surface area contributed by atoms with Crippen LogP contribution in [0.15, 0.2) is 36.4 Å². The van der Waals surface area contributed by atoms with Crippen LogP contribution in [0.3, 0.4) is 0 Å². The molecule has 1 amide bonds. The molecule has 4 rings (SSSR count). The number of para-hydroxylation sites is 1. The molecule has 0 aliphatic carbocycles. The van der Waals surface area contributed by atoms with Gasteiger partial charge in [0.1, 0.15) is 11.8 Å². The lowest BCUT2D eigenvalue weighted by atomic mass is 9.80. The number of likely N-dealkylation sites (N-methyl/N-ethyl adjacent to an activating group) is 1. The first-order valence-corrected chi connectivity index (χ1v) is 9.77. The van der Waals surface area contributed by atoms with Crippen LogP contribution in [-0.2, 0) is 16.1 Å². The third kappa shape index (κ3) is 4.26. The van der Waals surface area contributed by atoms with Crippen LogP contribution in [0.2, 0.25) is 0 Å². The zero-order chi connectivity index (χ0) is 21.1. The fourth-order valence-corrected chi connectivity index (χ4v) is 3.50. The molecule has 0 saturated carbocycles. The maximum absolute atomic E-state index is 12.5. The van der Waals surface area contributed by atoms with Gasteiger partial charge in [0.25, 0.3) is 5.91 Å². The molecular formula is C21H22BN3O5. The van der Waals surface area contributed by atoms with Crippen molar-refractivity contribution in [1.82, 2.24) is 9.80 Å². The van der Waals surface area contributed by atoms with E-state index in [2.05, 4.69) is 11.0 Å². The number of hydrogen-bond acceptors (Lipinski definition) is 7.